The highest BCUT2D eigenvalue weighted by Gasteiger charge is 2.41. The number of dihydropyridines is 1. The monoisotopic (exact) mass is 521 g/mol. The van der Waals surface area contributed by atoms with Gasteiger partial charge >= 0.3 is 5.97 Å². The van der Waals surface area contributed by atoms with Crippen LogP contribution in [-0.2, 0) is 14.3 Å². The van der Waals surface area contributed by atoms with Gasteiger partial charge in [0.1, 0.15) is 0 Å². The molecule has 1 heterocycles. The summed E-state index contributed by atoms with van der Waals surface area (Å²) in [5.74, 6) is 1.28. The van der Waals surface area contributed by atoms with Gasteiger partial charge in [-0.1, -0.05) is 12.1 Å². The average Bonchev–Trinajstić information content (AvgIpc) is 2.92. The van der Waals surface area contributed by atoms with Crippen LogP contribution in [-0.4, -0.2) is 46.3 Å². The molecule has 1 N–H and O–H groups in total. The summed E-state index contributed by atoms with van der Waals surface area (Å²) in [6.45, 7) is 6.23. The lowest BCUT2D eigenvalue weighted by Crippen LogP contribution is -2.36. The number of hydrogen-bond acceptors (Lipinski definition) is 8. The topological polar surface area (TPSA) is 92.3 Å². The van der Waals surface area contributed by atoms with Crippen LogP contribution in [0, 0.1) is 0 Å². The smallest absolute Gasteiger partial charge is 0.336 e. The molecule has 0 fully saturated rings. The third-order valence-electron chi connectivity index (χ3n) is 7.02. The van der Waals surface area contributed by atoms with Gasteiger partial charge in [-0.15, -0.1) is 0 Å². The SMILES string of the molecule is CCOC(=O)C1=C(C)NC2=C(C(=O)C[C@H](c3ccc(OC)c(OC)c3)C2)[C@@H]1c1ccc(OCC)c(OC)c1. The maximum Gasteiger partial charge on any atom is 0.336 e. The first-order valence-electron chi connectivity index (χ1n) is 12.8. The number of rotatable bonds is 9. The summed E-state index contributed by atoms with van der Waals surface area (Å²) in [7, 11) is 4.76. The van der Waals surface area contributed by atoms with Gasteiger partial charge in [-0.25, -0.2) is 4.79 Å². The Morgan fingerprint density at radius 1 is 0.868 bits per heavy atom. The third kappa shape index (κ3) is 5.08. The molecular weight excluding hydrogens is 486 g/mol. The van der Waals surface area contributed by atoms with Gasteiger partial charge in [0.05, 0.1) is 40.1 Å². The zero-order valence-corrected chi connectivity index (χ0v) is 22.8. The molecule has 2 aliphatic rings. The van der Waals surface area contributed by atoms with Crippen molar-refractivity contribution in [3.63, 3.8) is 0 Å². The van der Waals surface area contributed by atoms with E-state index in [1.165, 1.54) is 0 Å². The van der Waals surface area contributed by atoms with Gasteiger partial charge in [0, 0.05) is 29.3 Å². The number of carbonyl (C=O) groups is 2. The number of allylic oxidation sites excluding steroid dienone is 3. The van der Waals surface area contributed by atoms with Crippen LogP contribution in [0.5, 0.6) is 23.0 Å². The summed E-state index contributed by atoms with van der Waals surface area (Å²) in [6.07, 6.45) is 0.907. The molecule has 0 spiro atoms. The lowest BCUT2D eigenvalue weighted by Gasteiger charge is -2.37. The lowest BCUT2D eigenvalue weighted by atomic mass is 9.71. The minimum Gasteiger partial charge on any atom is -0.493 e. The van der Waals surface area contributed by atoms with E-state index in [-0.39, 0.29) is 18.3 Å². The van der Waals surface area contributed by atoms with E-state index in [1.54, 1.807) is 28.3 Å². The molecule has 0 bridgehead atoms. The van der Waals surface area contributed by atoms with Gasteiger partial charge in [-0.2, -0.15) is 0 Å². The molecule has 2 aromatic rings. The minimum atomic E-state index is -0.589. The van der Waals surface area contributed by atoms with Crippen molar-refractivity contribution in [2.75, 3.05) is 34.5 Å². The number of hydrogen-bond donors (Lipinski definition) is 1. The Morgan fingerprint density at radius 3 is 2.16 bits per heavy atom. The van der Waals surface area contributed by atoms with Crippen LogP contribution < -0.4 is 24.3 Å². The number of Topliss-reactive ketones (excluding diaryl/α,β-unsaturated/α-hetero) is 1. The van der Waals surface area contributed by atoms with Crippen LogP contribution in [0.25, 0.3) is 0 Å². The molecule has 0 unspecified atom stereocenters. The van der Waals surface area contributed by atoms with Crippen molar-refractivity contribution in [3.8, 4) is 23.0 Å². The maximum atomic E-state index is 13.8. The number of esters is 1. The predicted octanol–water partition coefficient (Wildman–Crippen LogP) is 5.04. The zero-order chi connectivity index (χ0) is 27.4. The van der Waals surface area contributed by atoms with E-state index < -0.39 is 11.9 Å². The predicted molar refractivity (Wildman–Crippen MR) is 143 cm³/mol. The van der Waals surface area contributed by atoms with Crippen LogP contribution >= 0.6 is 0 Å². The second-order valence-electron chi connectivity index (χ2n) is 9.20. The van der Waals surface area contributed by atoms with Crippen molar-refractivity contribution in [3.05, 3.63) is 70.1 Å². The Bertz CT molecular complexity index is 1290. The highest BCUT2D eigenvalue weighted by atomic mass is 16.5. The first kappa shape index (κ1) is 27.1. The van der Waals surface area contributed by atoms with Crippen molar-refractivity contribution in [2.24, 2.45) is 0 Å². The van der Waals surface area contributed by atoms with Crippen LogP contribution in [0.3, 0.4) is 0 Å². The molecule has 0 radical (unpaired) electrons. The van der Waals surface area contributed by atoms with E-state index in [2.05, 4.69) is 5.32 Å². The van der Waals surface area contributed by atoms with Gasteiger partial charge in [0.15, 0.2) is 28.8 Å². The molecule has 2 aromatic carbocycles. The third-order valence-corrected chi connectivity index (χ3v) is 7.02. The van der Waals surface area contributed by atoms with E-state index in [9.17, 15) is 9.59 Å². The first-order chi connectivity index (χ1) is 18.4. The van der Waals surface area contributed by atoms with Crippen molar-refractivity contribution in [1.29, 1.82) is 0 Å². The van der Waals surface area contributed by atoms with Gasteiger partial charge in [-0.3, -0.25) is 4.79 Å². The van der Waals surface area contributed by atoms with Crippen LogP contribution in [0.4, 0.5) is 0 Å². The van der Waals surface area contributed by atoms with E-state index in [0.717, 1.165) is 16.8 Å². The van der Waals surface area contributed by atoms with Gasteiger partial charge in [-0.05, 0) is 68.5 Å². The molecule has 0 saturated carbocycles. The van der Waals surface area contributed by atoms with Gasteiger partial charge in [0.25, 0.3) is 0 Å². The Hall–Kier alpha value is -3.94. The second kappa shape index (κ2) is 11.6. The molecule has 1 aliphatic heterocycles. The Balaban J connectivity index is 1.80. The zero-order valence-electron chi connectivity index (χ0n) is 22.8. The molecule has 0 amide bonds. The van der Waals surface area contributed by atoms with Crippen molar-refractivity contribution in [2.45, 2.75) is 45.4 Å². The molecule has 8 heteroatoms. The molecule has 2 atom stereocenters. The standard InChI is InChI=1S/C30H35NO7/c1-7-37-24-12-10-19(16-26(24)36-6)28-27(30(33)38-8-2)17(3)31-21-13-20(14-22(32)29(21)28)18-9-11-23(34-4)25(15-18)35-5/h9-12,15-16,20,28,31H,7-8,13-14H2,1-6H3/t20-,28-/m1/s1. The summed E-state index contributed by atoms with van der Waals surface area (Å²) in [5, 5.41) is 3.37. The fourth-order valence-electron chi connectivity index (χ4n) is 5.33. The molecule has 202 valence electrons. The minimum absolute atomic E-state index is 0.0225. The van der Waals surface area contributed by atoms with Crippen molar-refractivity contribution >= 4 is 11.8 Å². The van der Waals surface area contributed by atoms with E-state index >= 15 is 0 Å². The van der Waals surface area contributed by atoms with E-state index in [0.29, 0.717) is 59.3 Å². The number of carbonyl (C=O) groups excluding carboxylic acids is 2. The Morgan fingerprint density at radius 2 is 1.50 bits per heavy atom. The fourth-order valence-corrected chi connectivity index (χ4v) is 5.33. The second-order valence-corrected chi connectivity index (χ2v) is 9.20. The Kier molecular flexibility index (Phi) is 8.29. The normalized spacial score (nSPS) is 18.9. The van der Waals surface area contributed by atoms with E-state index in [4.69, 9.17) is 23.7 Å². The Labute approximate surface area is 223 Å². The molecule has 38 heavy (non-hydrogen) atoms. The first-order valence-corrected chi connectivity index (χ1v) is 12.8. The quantitative estimate of drug-likeness (QED) is 0.459. The number of ketones is 1. The van der Waals surface area contributed by atoms with Crippen LogP contribution in [0.2, 0.25) is 0 Å². The van der Waals surface area contributed by atoms with E-state index in [1.807, 2.05) is 50.2 Å². The van der Waals surface area contributed by atoms with Gasteiger partial charge < -0.3 is 29.0 Å². The molecule has 1 aliphatic carbocycles. The average molecular weight is 522 g/mol. The molecule has 4 rings (SSSR count). The van der Waals surface area contributed by atoms with Crippen LogP contribution in [0.15, 0.2) is 58.9 Å². The number of ether oxygens (including phenoxy) is 5. The maximum absolute atomic E-state index is 13.8. The highest BCUT2D eigenvalue weighted by Crippen LogP contribution is 2.47. The highest BCUT2D eigenvalue weighted by molar-refractivity contribution is 6.04. The number of nitrogens with one attached hydrogen (secondary N) is 1. The largest absolute Gasteiger partial charge is 0.493 e. The molecule has 0 aromatic heterocycles. The summed E-state index contributed by atoms with van der Waals surface area (Å²) >= 11 is 0. The summed E-state index contributed by atoms with van der Waals surface area (Å²) in [4.78, 5) is 27.0. The van der Waals surface area contributed by atoms with Crippen molar-refractivity contribution in [1.82, 2.24) is 5.32 Å². The summed E-state index contributed by atoms with van der Waals surface area (Å²) < 4.78 is 27.6. The molecule has 0 saturated heterocycles. The molecular formula is C30H35NO7. The van der Waals surface area contributed by atoms with Crippen LogP contribution in [0.1, 0.15) is 56.6 Å². The summed E-state index contributed by atoms with van der Waals surface area (Å²) in [5.41, 5.74) is 4.24. The van der Waals surface area contributed by atoms with Gasteiger partial charge in [0.2, 0.25) is 0 Å². The summed E-state index contributed by atoms with van der Waals surface area (Å²) in [6, 6.07) is 11.3. The number of benzene rings is 2. The molecule has 8 nitrogen and oxygen atoms in total. The number of methoxy groups -OCH3 is 3. The lowest BCUT2D eigenvalue weighted by molar-refractivity contribution is -0.138. The fraction of sp³-hybridized carbons (Fsp3) is 0.400. The van der Waals surface area contributed by atoms with Crippen molar-refractivity contribution < 1.29 is 33.3 Å².